The van der Waals surface area contributed by atoms with Crippen molar-refractivity contribution in [1.29, 1.82) is 0 Å². The Morgan fingerprint density at radius 1 is 1.06 bits per heavy atom. The minimum absolute atomic E-state index is 0.0352. The highest BCUT2D eigenvalue weighted by atomic mass is 16.2. The van der Waals surface area contributed by atoms with Crippen LogP contribution >= 0.6 is 0 Å². The Hall–Kier alpha value is -3.35. The molecular formula is C25H28N6O. The summed E-state index contributed by atoms with van der Waals surface area (Å²) in [7, 11) is 0. The maximum atomic E-state index is 13.1. The van der Waals surface area contributed by atoms with E-state index in [9.17, 15) is 4.79 Å². The highest BCUT2D eigenvalue weighted by Gasteiger charge is 2.49. The van der Waals surface area contributed by atoms with Gasteiger partial charge in [-0.25, -0.2) is 5.10 Å². The largest absolute Gasteiger partial charge is 0.313 e. The summed E-state index contributed by atoms with van der Waals surface area (Å²) in [5, 5.41) is 17.8. The first kappa shape index (κ1) is 20.5. The molecule has 164 valence electrons. The number of rotatable bonds is 7. The molecule has 7 nitrogen and oxygen atoms in total. The summed E-state index contributed by atoms with van der Waals surface area (Å²) >= 11 is 0. The van der Waals surface area contributed by atoms with Crippen molar-refractivity contribution < 1.29 is 4.79 Å². The Morgan fingerprint density at radius 3 is 2.59 bits per heavy atom. The zero-order valence-corrected chi connectivity index (χ0v) is 18.3. The van der Waals surface area contributed by atoms with Gasteiger partial charge in [-0.2, -0.15) is 0 Å². The number of unbranched alkanes of at least 4 members (excludes halogenated alkanes) is 1. The Bertz CT molecular complexity index is 1120. The van der Waals surface area contributed by atoms with Gasteiger partial charge >= 0.3 is 0 Å². The average Bonchev–Trinajstić information content (AvgIpc) is 3.59. The fraction of sp³-hybridized carbons (Fsp3) is 0.400. The molecule has 1 amide bonds. The van der Waals surface area contributed by atoms with Crippen molar-refractivity contribution in [1.82, 2.24) is 25.9 Å². The van der Waals surface area contributed by atoms with Crippen LogP contribution in [0.2, 0.25) is 0 Å². The molecule has 2 aromatic carbocycles. The second kappa shape index (κ2) is 8.65. The number of carbonyl (C=O) groups is 1. The number of tetrazole rings is 1. The van der Waals surface area contributed by atoms with E-state index in [-0.39, 0.29) is 17.4 Å². The van der Waals surface area contributed by atoms with E-state index < -0.39 is 0 Å². The fourth-order valence-corrected chi connectivity index (χ4v) is 5.22. The normalized spacial score (nSPS) is 19.7. The van der Waals surface area contributed by atoms with Gasteiger partial charge in [-0.3, -0.25) is 9.79 Å². The van der Waals surface area contributed by atoms with Crippen LogP contribution in [0.25, 0.3) is 22.5 Å². The molecule has 1 atom stereocenters. The SMILES string of the molecule is CCCCC1=NC(C2(c3ccc(-c4ccccc4)c(-c4nnn[nH]4)c3)CCCC2)C(=O)N1. The lowest BCUT2D eigenvalue weighted by atomic mass is 9.72. The van der Waals surface area contributed by atoms with Gasteiger partial charge in [0.1, 0.15) is 11.9 Å². The molecule has 2 N–H and O–H groups in total. The maximum Gasteiger partial charge on any atom is 0.251 e. The topological polar surface area (TPSA) is 95.9 Å². The van der Waals surface area contributed by atoms with Crippen LogP contribution in [0.5, 0.6) is 0 Å². The molecule has 7 heteroatoms. The Labute approximate surface area is 187 Å². The van der Waals surface area contributed by atoms with Crippen molar-refractivity contribution in [3.63, 3.8) is 0 Å². The molecular weight excluding hydrogens is 400 g/mol. The summed E-state index contributed by atoms with van der Waals surface area (Å²) in [6, 6.07) is 16.3. The van der Waals surface area contributed by atoms with Crippen LogP contribution in [0, 0.1) is 0 Å². The highest BCUT2D eigenvalue weighted by Crippen LogP contribution is 2.47. The quantitative estimate of drug-likeness (QED) is 0.582. The summed E-state index contributed by atoms with van der Waals surface area (Å²) in [4.78, 5) is 18.0. The van der Waals surface area contributed by atoms with Crippen molar-refractivity contribution in [3.05, 3.63) is 54.1 Å². The summed E-state index contributed by atoms with van der Waals surface area (Å²) in [6.07, 6.45) is 7.06. The van der Waals surface area contributed by atoms with E-state index in [1.54, 1.807) is 0 Å². The molecule has 0 bridgehead atoms. The number of amidine groups is 1. The van der Waals surface area contributed by atoms with E-state index in [1.807, 2.05) is 18.2 Å². The zero-order valence-electron chi connectivity index (χ0n) is 18.3. The van der Waals surface area contributed by atoms with Gasteiger partial charge in [0.2, 0.25) is 0 Å². The number of amides is 1. The van der Waals surface area contributed by atoms with Gasteiger partial charge in [-0.15, -0.1) is 5.10 Å². The molecule has 0 radical (unpaired) electrons. The third-order valence-electron chi connectivity index (χ3n) is 6.87. The van der Waals surface area contributed by atoms with E-state index in [1.165, 1.54) is 0 Å². The van der Waals surface area contributed by atoms with Crippen molar-refractivity contribution in [2.75, 3.05) is 0 Å². The van der Waals surface area contributed by atoms with Gasteiger partial charge in [0.05, 0.1) is 0 Å². The first-order valence-electron chi connectivity index (χ1n) is 11.5. The number of aliphatic imine (C=N–C) groups is 1. The van der Waals surface area contributed by atoms with Crippen LogP contribution in [0.3, 0.4) is 0 Å². The third-order valence-corrected chi connectivity index (χ3v) is 6.87. The molecule has 1 saturated carbocycles. The molecule has 2 aliphatic rings. The van der Waals surface area contributed by atoms with Crippen molar-refractivity contribution >= 4 is 11.7 Å². The number of benzene rings is 2. The van der Waals surface area contributed by atoms with Crippen LogP contribution in [-0.4, -0.2) is 38.4 Å². The molecule has 0 saturated heterocycles. The second-order valence-electron chi connectivity index (χ2n) is 8.81. The van der Waals surface area contributed by atoms with Gasteiger partial charge in [0, 0.05) is 17.4 Å². The Kier molecular flexibility index (Phi) is 5.55. The number of hydrogen-bond acceptors (Lipinski definition) is 5. The van der Waals surface area contributed by atoms with E-state index in [4.69, 9.17) is 4.99 Å². The van der Waals surface area contributed by atoms with E-state index in [2.05, 4.69) is 63.2 Å². The Morgan fingerprint density at radius 2 is 1.88 bits per heavy atom. The first-order valence-corrected chi connectivity index (χ1v) is 11.5. The predicted molar refractivity (Wildman–Crippen MR) is 124 cm³/mol. The molecule has 32 heavy (non-hydrogen) atoms. The van der Waals surface area contributed by atoms with Crippen LogP contribution in [0.15, 0.2) is 53.5 Å². The molecule has 1 aromatic heterocycles. The standard InChI is InChI=1S/C25H28N6O/c1-2-3-11-21-26-22(24(32)27-21)25(14-7-8-15-25)18-12-13-19(17-9-5-4-6-10-17)20(16-18)23-28-30-31-29-23/h4-6,9-10,12-13,16,22H,2-3,7-8,11,14-15H2,1H3,(H,26,27,32)(H,28,29,30,31). The summed E-state index contributed by atoms with van der Waals surface area (Å²) in [6.45, 7) is 2.15. The zero-order chi connectivity index (χ0) is 22.0. The van der Waals surface area contributed by atoms with Crippen LogP contribution in [0.4, 0.5) is 0 Å². The number of nitrogens with one attached hydrogen (secondary N) is 2. The summed E-state index contributed by atoms with van der Waals surface area (Å²) in [5.41, 5.74) is 3.95. The van der Waals surface area contributed by atoms with Gasteiger partial charge in [-0.05, 0) is 52.4 Å². The second-order valence-corrected chi connectivity index (χ2v) is 8.81. The number of carbonyl (C=O) groups excluding carboxylic acids is 1. The van der Waals surface area contributed by atoms with Gasteiger partial charge in [0.25, 0.3) is 5.91 Å². The molecule has 0 spiro atoms. The van der Waals surface area contributed by atoms with Crippen LogP contribution in [0.1, 0.15) is 57.4 Å². The molecule has 5 rings (SSSR count). The summed E-state index contributed by atoms with van der Waals surface area (Å²) < 4.78 is 0. The van der Waals surface area contributed by atoms with Gasteiger partial charge in [0.15, 0.2) is 5.82 Å². The minimum atomic E-state index is -0.375. The van der Waals surface area contributed by atoms with Crippen LogP contribution in [-0.2, 0) is 10.2 Å². The number of H-pyrrole nitrogens is 1. The lowest BCUT2D eigenvalue weighted by Crippen LogP contribution is -2.43. The van der Waals surface area contributed by atoms with Crippen LogP contribution < -0.4 is 5.32 Å². The molecule has 2 heterocycles. The number of nitrogens with zero attached hydrogens (tertiary/aromatic N) is 4. The summed E-state index contributed by atoms with van der Waals surface area (Å²) in [5.74, 6) is 1.50. The Balaban J connectivity index is 1.60. The van der Waals surface area contributed by atoms with Crippen molar-refractivity contribution in [2.24, 2.45) is 4.99 Å². The first-order chi connectivity index (χ1) is 15.7. The smallest absolute Gasteiger partial charge is 0.251 e. The monoisotopic (exact) mass is 428 g/mol. The molecule has 1 unspecified atom stereocenters. The maximum absolute atomic E-state index is 13.1. The van der Waals surface area contributed by atoms with E-state index >= 15 is 0 Å². The fourth-order valence-electron chi connectivity index (χ4n) is 5.22. The molecule has 1 aliphatic heterocycles. The van der Waals surface area contributed by atoms with E-state index in [0.29, 0.717) is 5.82 Å². The van der Waals surface area contributed by atoms with Crippen molar-refractivity contribution in [2.45, 2.75) is 63.3 Å². The third kappa shape index (κ3) is 3.61. The number of hydrogen-bond donors (Lipinski definition) is 2. The van der Waals surface area contributed by atoms with Gasteiger partial charge < -0.3 is 5.32 Å². The molecule has 3 aromatic rings. The van der Waals surface area contributed by atoms with Gasteiger partial charge in [-0.1, -0.05) is 68.7 Å². The predicted octanol–water partition coefficient (Wildman–Crippen LogP) is 4.43. The molecule has 1 fully saturated rings. The lowest BCUT2D eigenvalue weighted by molar-refractivity contribution is -0.121. The number of aromatic nitrogens is 4. The highest BCUT2D eigenvalue weighted by molar-refractivity contribution is 6.06. The lowest BCUT2D eigenvalue weighted by Gasteiger charge is -2.33. The van der Waals surface area contributed by atoms with E-state index in [0.717, 1.165) is 73.0 Å². The average molecular weight is 429 g/mol. The minimum Gasteiger partial charge on any atom is -0.313 e. The number of aromatic amines is 1. The molecule has 1 aliphatic carbocycles. The van der Waals surface area contributed by atoms with Crippen molar-refractivity contribution in [3.8, 4) is 22.5 Å².